The summed E-state index contributed by atoms with van der Waals surface area (Å²) in [4.78, 5) is 12.6. The van der Waals surface area contributed by atoms with E-state index in [-0.39, 0.29) is 5.56 Å². The number of Topliss-reactive ketones (excluding diaryl/α,β-unsaturated/α-hetero) is 1. The van der Waals surface area contributed by atoms with Crippen LogP contribution >= 0.6 is 0 Å². The quantitative estimate of drug-likeness (QED) is 0.795. The highest BCUT2D eigenvalue weighted by Crippen LogP contribution is 2.34. The van der Waals surface area contributed by atoms with E-state index in [0.717, 1.165) is 12.1 Å². The number of benzene rings is 2. The maximum absolute atomic E-state index is 14.1. The minimum Gasteiger partial charge on any atom is -0.460 e. The van der Waals surface area contributed by atoms with Crippen LogP contribution in [0.1, 0.15) is 21.3 Å². The van der Waals surface area contributed by atoms with E-state index in [1.54, 1.807) is 0 Å². The molecule has 2 aromatic rings. The number of hydrogen-bond donors (Lipinski definition) is 1. The average molecular weight is 384 g/mol. The van der Waals surface area contributed by atoms with Crippen molar-refractivity contribution in [1.29, 1.82) is 0 Å². The Morgan fingerprint density at radius 3 is 2.58 bits per heavy atom. The molecule has 0 aliphatic carbocycles. The lowest BCUT2D eigenvalue weighted by atomic mass is 10.1. The summed E-state index contributed by atoms with van der Waals surface area (Å²) in [6.45, 7) is 0. The SMILES string of the molecule is [2H]C([2H])(c1ccccc1)S(=O)(=O)OC1=C(N)O[C@]([2H])(c2ccc(F)cc2F)C1=O. The fraction of sp³-hybridized carbons (Fsp3) is 0.118. The molecule has 0 fully saturated rings. The molecule has 26 heavy (non-hydrogen) atoms. The van der Waals surface area contributed by atoms with Gasteiger partial charge in [-0.3, -0.25) is 4.79 Å². The molecule has 1 atom stereocenters. The Hall–Kier alpha value is -2.94. The van der Waals surface area contributed by atoms with Crippen LogP contribution in [0.3, 0.4) is 0 Å². The largest absolute Gasteiger partial charge is 0.460 e. The zero-order valence-corrected chi connectivity index (χ0v) is 13.7. The summed E-state index contributed by atoms with van der Waals surface area (Å²) in [5.41, 5.74) is 1.36. The van der Waals surface area contributed by atoms with Crippen molar-refractivity contribution in [2.24, 2.45) is 5.73 Å². The van der Waals surface area contributed by atoms with Gasteiger partial charge in [0.1, 0.15) is 17.3 Å². The van der Waals surface area contributed by atoms with Crippen LogP contribution in [-0.4, -0.2) is 14.2 Å². The molecule has 0 amide bonds. The number of hydrogen-bond acceptors (Lipinski definition) is 6. The number of ketones is 1. The van der Waals surface area contributed by atoms with Crippen LogP contribution < -0.4 is 5.73 Å². The Morgan fingerprint density at radius 2 is 1.92 bits per heavy atom. The van der Waals surface area contributed by atoms with Crippen LogP contribution in [0.25, 0.3) is 0 Å². The Balaban J connectivity index is 1.96. The number of carbonyl (C=O) groups is 1. The summed E-state index contributed by atoms with van der Waals surface area (Å²) in [5, 5.41) is 0. The fourth-order valence-electron chi connectivity index (χ4n) is 2.13. The van der Waals surface area contributed by atoms with Crippen LogP contribution in [-0.2, 0) is 29.5 Å². The third-order valence-electron chi connectivity index (χ3n) is 3.23. The van der Waals surface area contributed by atoms with Crippen molar-refractivity contribution in [3.05, 3.63) is 82.9 Å². The Morgan fingerprint density at radius 1 is 1.23 bits per heavy atom. The van der Waals surface area contributed by atoms with E-state index in [9.17, 15) is 22.0 Å². The normalized spacial score (nSPS) is 22.4. The second-order valence-electron chi connectivity index (χ2n) is 5.08. The molecule has 9 heteroatoms. The summed E-state index contributed by atoms with van der Waals surface area (Å²) >= 11 is 0. The van der Waals surface area contributed by atoms with Gasteiger partial charge in [0.25, 0.3) is 0 Å². The van der Waals surface area contributed by atoms with Gasteiger partial charge >= 0.3 is 10.1 Å². The third-order valence-corrected chi connectivity index (χ3v) is 4.11. The molecule has 136 valence electrons. The summed E-state index contributed by atoms with van der Waals surface area (Å²) in [6, 6.07) is 8.64. The van der Waals surface area contributed by atoms with Crippen LogP contribution in [0.5, 0.6) is 0 Å². The van der Waals surface area contributed by atoms with E-state index in [4.69, 9.17) is 14.6 Å². The van der Waals surface area contributed by atoms with E-state index in [0.29, 0.717) is 6.07 Å². The second-order valence-corrected chi connectivity index (χ2v) is 6.36. The second kappa shape index (κ2) is 6.75. The molecule has 3 rings (SSSR count). The van der Waals surface area contributed by atoms with Gasteiger partial charge in [0.15, 0.2) is 6.08 Å². The summed E-state index contributed by atoms with van der Waals surface area (Å²) in [6.07, 6.45) is -2.87. The smallest absolute Gasteiger partial charge is 0.313 e. The van der Waals surface area contributed by atoms with E-state index in [1.807, 2.05) is 0 Å². The Kier molecular flexibility index (Phi) is 3.70. The van der Waals surface area contributed by atoms with Crippen LogP contribution in [0.4, 0.5) is 8.78 Å². The lowest BCUT2D eigenvalue weighted by molar-refractivity contribution is -0.123. The number of halogens is 2. The lowest BCUT2D eigenvalue weighted by Gasteiger charge is -2.11. The van der Waals surface area contributed by atoms with Gasteiger partial charge in [-0.1, -0.05) is 30.3 Å². The monoisotopic (exact) mass is 384 g/mol. The standard InChI is InChI=1S/C17H13F2NO5S/c18-11-6-7-12(13(19)8-11)15-14(21)16(17(20)24-15)25-26(22,23)9-10-4-2-1-3-5-10/h1-8,15H,9,20H2/t15-/m1/s1/i9D2,15D. The number of carbonyl (C=O) groups excluding carboxylic acids is 1. The first-order valence-electron chi connectivity index (χ1n) is 8.59. The minimum atomic E-state index is -5.15. The van der Waals surface area contributed by atoms with Crippen LogP contribution in [0.15, 0.2) is 60.2 Å². The van der Waals surface area contributed by atoms with Gasteiger partial charge in [-0.2, -0.15) is 8.42 Å². The highest BCUT2D eigenvalue weighted by atomic mass is 32.2. The zero-order chi connectivity index (χ0) is 21.6. The van der Waals surface area contributed by atoms with Crippen LogP contribution in [0.2, 0.25) is 0 Å². The highest BCUT2D eigenvalue weighted by molar-refractivity contribution is 7.86. The molecule has 2 aromatic carbocycles. The van der Waals surface area contributed by atoms with Gasteiger partial charge in [0, 0.05) is 11.6 Å². The predicted molar refractivity (Wildman–Crippen MR) is 86.6 cm³/mol. The van der Waals surface area contributed by atoms with Gasteiger partial charge < -0.3 is 14.7 Å². The van der Waals surface area contributed by atoms with Crippen molar-refractivity contribution in [3.63, 3.8) is 0 Å². The Bertz CT molecular complexity index is 1130. The fourth-order valence-corrected chi connectivity index (χ4v) is 2.97. The molecule has 0 saturated carbocycles. The molecule has 1 heterocycles. The first kappa shape index (κ1) is 14.3. The van der Waals surface area contributed by atoms with Gasteiger partial charge in [-0.15, -0.1) is 0 Å². The first-order chi connectivity index (χ1) is 13.4. The third kappa shape index (κ3) is 3.67. The summed E-state index contributed by atoms with van der Waals surface area (Å²) in [7, 11) is -5.15. The topological polar surface area (TPSA) is 95.7 Å². The van der Waals surface area contributed by atoms with E-state index in [2.05, 4.69) is 4.18 Å². The maximum Gasteiger partial charge on any atom is 0.313 e. The molecule has 1 aliphatic heterocycles. The lowest BCUT2D eigenvalue weighted by Crippen LogP contribution is -2.17. The molecular weight excluding hydrogens is 368 g/mol. The number of rotatable bonds is 5. The maximum atomic E-state index is 14.1. The minimum absolute atomic E-state index is 0.285. The van der Waals surface area contributed by atoms with Gasteiger partial charge in [0.2, 0.25) is 17.4 Å². The predicted octanol–water partition coefficient (Wildman–Crippen LogP) is 2.28. The molecule has 2 N–H and O–H groups in total. The summed E-state index contributed by atoms with van der Waals surface area (Å²) < 4.78 is 85.4. The summed E-state index contributed by atoms with van der Waals surface area (Å²) in [5.74, 6) is -5.90. The number of nitrogens with two attached hydrogens (primary N) is 1. The van der Waals surface area contributed by atoms with E-state index >= 15 is 0 Å². The van der Waals surface area contributed by atoms with Crippen molar-refractivity contribution in [2.45, 2.75) is 11.8 Å². The first-order valence-corrected chi connectivity index (χ1v) is 8.49. The van der Waals surface area contributed by atoms with Gasteiger partial charge in [-0.25, -0.2) is 8.78 Å². The molecule has 0 unspecified atom stereocenters. The molecule has 0 bridgehead atoms. The molecule has 0 aromatic heterocycles. The van der Waals surface area contributed by atoms with E-state index < -0.39 is 56.5 Å². The van der Waals surface area contributed by atoms with Crippen molar-refractivity contribution >= 4 is 15.9 Å². The highest BCUT2D eigenvalue weighted by Gasteiger charge is 2.40. The van der Waals surface area contributed by atoms with Gasteiger partial charge in [-0.05, 0) is 17.7 Å². The Labute approximate surface area is 152 Å². The average Bonchev–Trinajstić information content (AvgIpc) is 2.85. The van der Waals surface area contributed by atoms with Crippen molar-refractivity contribution < 1.29 is 35.0 Å². The van der Waals surface area contributed by atoms with Gasteiger partial charge in [0.05, 0.1) is 4.11 Å². The van der Waals surface area contributed by atoms with Crippen molar-refractivity contribution in [1.82, 2.24) is 0 Å². The molecule has 0 spiro atoms. The van der Waals surface area contributed by atoms with E-state index in [1.165, 1.54) is 30.3 Å². The molecule has 1 aliphatic rings. The van der Waals surface area contributed by atoms with Crippen molar-refractivity contribution in [2.75, 3.05) is 0 Å². The van der Waals surface area contributed by atoms with Crippen LogP contribution in [0, 0.1) is 11.6 Å². The molecular formula is C17H13F2NO5S. The molecule has 6 nitrogen and oxygen atoms in total. The molecule has 0 saturated heterocycles. The molecule has 0 radical (unpaired) electrons. The van der Waals surface area contributed by atoms with Crippen molar-refractivity contribution in [3.8, 4) is 0 Å². The zero-order valence-electron chi connectivity index (χ0n) is 15.9. The number of ether oxygens (including phenoxy) is 1.